The van der Waals surface area contributed by atoms with Crippen LogP contribution in [0.5, 0.6) is 0 Å². The quantitative estimate of drug-likeness (QED) is 0.639. The molecule has 2 aromatic heterocycles. The Hall–Kier alpha value is -1.88. The predicted molar refractivity (Wildman–Crippen MR) is 68.5 cm³/mol. The molecule has 2 aromatic rings. The highest BCUT2D eigenvalue weighted by Gasteiger charge is 2.05. The van der Waals surface area contributed by atoms with E-state index in [9.17, 15) is 4.79 Å². The summed E-state index contributed by atoms with van der Waals surface area (Å²) in [6.07, 6.45) is 6.66. The van der Waals surface area contributed by atoms with E-state index in [1.54, 1.807) is 24.5 Å². The van der Waals surface area contributed by atoms with Gasteiger partial charge in [0.25, 0.3) is 5.91 Å². The molecular weight excluding hydrogens is 252 g/mol. The van der Waals surface area contributed by atoms with Gasteiger partial charge in [0, 0.05) is 37.1 Å². The van der Waals surface area contributed by atoms with Crippen molar-refractivity contribution in [2.45, 2.75) is 12.8 Å². The Labute approximate surface area is 110 Å². The number of pyridine rings is 1. The van der Waals surface area contributed by atoms with Crippen molar-refractivity contribution in [2.75, 3.05) is 6.54 Å². The lowest BCUT2D eigenvalue weighted by Gasteiger charge is -2.04. The summed E-state index contributed by atoms with van der Waals surface area (Å²) in [5, 5.41) is 3.14. The van der Waals surface area contributed by atoms with Crippen molar-refractivity contribution in [3.63, 3.8) is 0 Å². The van der Waals surface area contributed by atoms with Gasteiger partial charge in [0.15, 0.2) is 0 Å². The maximum Gasteiger partial charge on any atom is 0.251 e. The first-order valence-electron chi connectivity index (χ1n) is 5.64. The molecule has 0 saturated carbocycles. The minimum Gasteiger partial charge on any atom is -0.352 e. The zero-order valence-electron chi connectivity index (χ0n) is 9.69. The number of carbonyl (C=O) groups excluding carboxylic acids is 1. The number of hydrogen-bond donors (Lipinski definition) is 2. The van der Waals surface area contributed by atoms with Gasteiger partial charge >= 0.3 is 0 Å². The van der Waals surface area contributed by atoms with E-state index in [0.29, 0.717) is 17.3 Å². The second kappa shape index (κ2) is 6.16. The average Bonchev–Trinajstić information content (AvgIpc) is 2.87. The molecule has 18 heavy (non-hydrogen) atoms. The van der Waals surface area contributed by atoms with Gasteiger partial charge in [-0.05, 0) is 18.6 Å². The van der Waals surface area contributed by atoms with E-state index in [-0.39, 0.29) is 5.91 Å². The highest BCUT2D eigenvalue weighted by atomic mass is 35.5. The molecule has 2 N–H and O–H groups in total. The molecule has 0 saturated heterocycles. The lowest BCUT2D eigenvalue weighted by molar-refractivity contribution is 0.0953. The number of aryl methyl sites for hydroxylation is 1. The number of hydrogen-bond acceptors (Lipinski definition) is 3. The maximum absolute atomic E-state index is 11.7. The second-order valence-electron chi connectivity index (χ2n) is 3.76. The van der Waals surface area contributed by atoms with Gasteiger partial charge in [0.2, 0.25) is 0 Å². The number of H-pyrrole nitrogens is 1. The molecule has 6 heteroatoms. The monoisotopic (exact) mass is 264 g/mol. The summed E-state index contributed by atoms with van der Waals surface area (Å²) < 4.78 is 0. The summed E-state index contributed by atoms with van der Waals surface area (Å²) in [5.41, 5.74) is 0.521. The van der Waals surface area contributed by atoms with Crippen molar-refractivity contribution in [3.05, 3.63) is 47.3 Å². The third kappa shape index (κ3) is 3.56. The molecule has 94 valence electrons. The smallest absolute Gasteiger partial charge is 0.251 e. The van der Waals surface area contributed by atoms with Crippen LogP contribution in [-0.4, -0.2) is 27.4 Å². The normalized spacial score (nSPS) is 10.3. The number of aromatic amines is 1. The van der Waals surface area contributed by atoms with Crippen LogP contribution >= 0.6 is 11.6 Å². The van der Waals surface area contributed by atoms with Crippen molar-refractivity contribution in [2.24, 2.45) is 0 Å². The summed E-state index contributed by atoms with van der Waals surface area (Å²) >= 11 is 5.71. The second-order valence-corrected chi connectivity index (χ2v) is 4.15. The summed E-state index contributed by atoms with van der Waals surface area (Å²) in [7, 11) is 0. The average molecular weight is 265 g/mol. The molecule has 0 aliphatic carbocycles. The number of aromatic nitrogens is 3. The molecule has 0 aliphatic rings. The number of amides is 1. The van der Waals surface area contributed by atoms with Crippen LogP contribution in [0.4, 0.5) is 0 Å². The lowest BCUT2D eigenvalue weighted by Crippen LogP contribution is -2.24. The van der Waals surface area contributed by atoms with Crippen LogP contribution in [0.3, 0.4) is 0 Å². The number of halogens is 1. The van der Waals surface area contributed by atoms with Crippen LogP contribution in [0.1, 0.15) is 22.6 Å². The number of nitrogens with one attached hydrogen (secondary N) is 2. The summed E-state index contributed by atoms with van der Waals surface area (Å²) in [4.78, 5) is 22.7. The van der Waals surface area contributed by atoms with Gasteiger partial charge in [0.1, 0.15) is 11.0 Å². The topological polar surface area (TPSA) is 70.7 Å². The number of nitrogens with zero attached hydrogens (tertiary/aromatic N) is 2. The van der Waals surface area contributed by atoms with Crippen LogP contribution in [0, 0.1) is 0 Å². The fourth-order valence-electron chi connectivity index (χ4n) is 1.54. The van der Waals surface area contributed by atoms with Crippen molar-refractivity contribution in [1.29, 1.82) is 0 Å². The van der Waals surface area contributed by atoms with Gasteiger partial charge in [-0.15, -0.1) is 0 Å². The van der Waals surface area contributed by atoms with Crippen molar-refractivity contribution in [3.8, 4) is 0 Å². The van der Waals surface area contributed by atoms with Crippen LogP contribution in [0.2, 0.25) is 5.15 Å². The summed E-state index contributed by atoms with van der Waals surface area (Å²) in [6, 6.07) is 3.18. The third-order valence-corrected chi connectivity index (χ3v) is 2.63. The molecule has 2 rings (SSSR count). The molecule has 0 unspecified atom stereocenters. The van der Waals surface area contributed by atoms with Gasteiger partial charge in [-0.25, -0.2) is 9.97 Å². The fourth-order valence-corrected chi connectivity index (χ4v) is 1.71. The molecule has 0 atom stereocenters. The van der Waals surface area contributed by atoms with E-state index in [2.05, 4.69) is 20.3 Å². The van der Waals surface area contributed by atoms with Gasteiger partial charge in [-0.2, -0.15) is 0 Å². The highest BCUT2D eigenvalue weighted by Crippen LogP contribution is 2.06. The Balaban J connectivity index is 1.75. The van der Waals surface area contributed by atoms with E-state index in [0.717, 1.165) is 18.7 Å². The molecule has 0 fully saturated rings. The van der Waals surface area contributed by atoms with E-state index >= 15 is 0 Å². The standard InChI is InChI=1S/C12H13ClN4O/c13-10-8-9(3-5-14-10)12(18)17-4-1-2-11-15-6-7-16-11/h3,5-8H,1-2,4H2,(H,15,16)(H,17,18). The van der Waals surface area contributed by atoms with E-state index in [4.69, 9.17) is 11.6 Å². The van der Waals surface area contributed by atoms with Crippen LogP contribution in [0.25, 0.3) is 0 Å². The van der Waals surface area contributed by atoms with Crippen molar-refractivity contribution in [1.82, 2.24) is 20.3 Å². The molecule has 0 spiro atoms. The zero-order valence-corrected chi connectivity index (χ0v) is 10.4. The number of imidazole rings is 1. The van der Waals surface area contributed by atoms with Crippen molar-refractivity contribution >= 4 is 17.5 Å². The first-order valence-corrected chi connectivity index (χ1v) is 6.01. The summed E-state index contributed by atoms with van der Waals surface area (Å²) in [6.45, 7) is 0.597. The van der Waals surface area contributed by atoms with Crippen LogP contribution in [-0.2, 0) is 6.42 Å². The Morgan fingerprint density at radius 3 is 3.00 bits per heavy atom. The summed E-state index contributed by atoms with van der Waals surface area (Å²) in [5.74, 6) is 0.787. The predicted octanol–water partition coefficient (Wildman–Crippen LogP) is 1.82. The minimum absolute atomic E-state index is 0.140. The van der Waals surface area contributed by atoms with Crippen LogP contribution < -0.4 is 5.32 Å². The molecule has 5 nitrogen and oxygen atoms in total. The van der Waals surface area contributed by atoms with Crippen molar-refractivity contribution < 1.29 is 4.79 Å². The number of carbonyl (C=O) groups is 1. The van der Waals surface area contributed by atoms with E-state index < -0.39 is 0 Å². The molecule has 2 heterocycles. The SMILES string of the molecule is O=C(NCCCc1ncc[nH]1)c1ccnc(Cl)c1. The van der Waals surface area contributed by atoms with Gasteiger partial charge in [-0.1, -0.05) is 11.6 Å². The van der Waals surface area contributed by atoms with Gasteiger partial charge in [-0.3, -0.25) is 4.79 Å². The Morgan fingerprint density at radius 1 is 1.39 bits per heavy atom. The molecule has 0 aliphatic heterocycles. The lowest BCUT2D eigenvalue weighted by atomic mass is 10.2. The molecule has 0 aromatic carbocycles. The Bertz CT molecular complexity index is 513. The van der Waals surface area contributed by atoms with Gasteiger partial charge < -0.3 is 10.3 Å². The first-order chi connectivity index (χ1) is 8.75. The zero-order chi connectivity index (χ0) is 12.8. The van der Waals surface area contributed by atoms with E-state index in [1.807, 2.05) is 0 Å². The van der Waals surface area contributed by atoms with E-state index in [1.165, 1.54) is 6.20 Å². The van der Waals surface area contributed by atoms with Gasteiger partial charge in [0.05, 0.1) is 0 Å². The fraction of sp³-hybridized carbons (Fsp3) is 0.250. The molecule has 1 amide bonds. The first kappa shape index (κ1) is 12.6. The Morgan fingerprint density at radius 2 is 2.28 bits per heavy atom. The minimum atomic E-state index is -0.140. The largest absolute Gasteiger partial charge is 0.352 e. The van der Waals surface area contributed by atoms with Crippen LogP contribution in [0.15, 0.2) is 30.7 Å². The maximum atomic E-state index is 11.7. The third-order valence-electron chi connectivity index (χ3n) is 2.42. The molecule has 0 radical (unpaired) electrons. The Kier molecular flexibility index (Phi) is 4.30. The number of rotatable bonds is 5. The molecular formula is C12H13ClN4O. The highest BCUT2D eigenvalue weighted by molar-refractivity contribution is 6.29. The molecule has 0 bridgehead atoms.